The number of hydrogen-bond donors (Lipinski definition) is 2. The molecule has 0 saturated carbocycles. The summed E-state index contributed by atoms with van der Waals surface area (Å²) < 4.78 is 1.44. The summed E-state index contributed by atoms with van der Waals surface area (Å²) in [5.74, 6) is -1.06. The van der Waals surface area contributed by atoms with Crippen LogP contribution >= 0.6 is 11.8 Å². The van der Waals surface area contributed by atoms with Crippen molar-refractivity contribution in [1.29, 1.82) is 0 Å². The number of thioether (sulfide) groups is 1. The Bertz CT molecular complexity index is 899. The maximum atomic E-state index is 12.0. The third-order valence-corrected chi connectivity index (χ3v) is 4.19. The monoisotopic (exact) mass is 371 g/mol. The van der Waals surface area contributed by atoms with Crippen molar-refractivity contribution in [2.75, 3.05) is 5.75 Å². The summed E-state index contributed by atoms with van der Waals surface area (Å²) in [5, 5.41) is 30.9. The number of carboxylic acid groups (broad SMARTS) is 1. The van der Waals surface area contributed by atoms with Crippen LogP contribution in [0.5, 0.6) is 0 Å². The number of hydrogen-bond acceptors (Lipinski definition) is 8. The Morgan fingerprint density at radius 1 is 1.15 bits per heavy atom. The number of tetrazole rings is 1. The first-order valence-electron chi connectivity index (χ1n) is 7.40. The molecule has 0 aliphatic heterocycles. The molecule has 10 nitrogen and oxygen atoms in total. The van der Waals surface area contributed by atoms with Gasteiger partial charge in [0.1, 0.15) is 0 Å². The van der Waals surface area contributed by atoms with E-state index in [1.54, 1.807) is 30.6 Å². The lowest BCUT2D eigenvalue weighted by Gasteiger charge is -2.06. The van der Waals surface area contributed by atoms with Gasteiger partial charge in [-0.3, -0.25) is 4.79 Å². The quantitative estimate of drug-likeness (QED) is 0.571. The molecule has 132 valence electrons. The summed E-state index contributed by atoms with van der Waals surface area (Å²) in [7, 11) is 0. The van der Waals surface area contributed by atoms with E-state index in [1.807, 2.05) is 0 Å². The van der Waals surface area contributed by atoms with Crippen molar-refractivity contribution >= 4 is 23.6 Å². The number of carbonyl (C=O) groups is 2. The van der Waals surface area contributed by atoms with Gasteiger partial charge in [-0.05, 0) is 46.3 Å². The molecular formula is C15H13N7O3S. The molecule has 0 atom stereocenters. The zero-order valence-corrected chi connectivity index (χ0v) is 14.1. The molecule has 0 radical (unpaired) electrons. The molecule has 3 aromatic rings. The standard InChI is InChI=1S/C15H13N7O3S/c23-13(16-7-10-5-6-17-18-8-10)9-26-15-19-20-21-22(15)12-3-1-11(2-4-12)14(24)25/h1-6,8H,7,9H2,(H,16,23)(H,24,25). The number of carbonyl (C=O) groups excluding carboxylic acids is 1. The summed E-state index contributed by atoms with van der Waals surface area (Å²) in [6, 6.07) is 7.88. The maximum absolute atomic E-state index is 12.0. The van der Waals surface area contributed by atoms with E-state index in [0.29, 0.717) is 17.4 Å². The number of nitrogens with one attached hydrogen (secondary N) is 1. The second-order valence-corrected chi connectivity index (χ2v) is 5.98. The fourth-order valence-corrected chi connectivity index (χ4v) is 2.70. The molecule has 0 bridgehead atoms. The van der Waals surface area contributed by atoms with Crippen molar-refractivity contribution in [3.05, 3.63) is 53.9 Å². The number of rotatable bonds is 7. The molecule has 0 saturated heterocycles. The molecule has 2 N–H and O–H groups in total. The fraction of sp³-hybridized carbons (Fsp3) is 0.133. The van der Waals surface area contributed by atoms with Gasteiger partial charge in [-0.25, -0.2) is 4.79 Å². The van der Waals surface area contributed by atoms with Crippen LogP contribution in [0.1, 0.15) is 15.9 Å². The van der Waals surface area contributed by atoms with Gasteiger partial charge in [-0.2, -0.15) is 14.9 Å². The molecule has 1 aromatic carbocycles. The van der Waals surface area contributed by atoms with Crippen molar-refractivity contribution in [3.8, 4) is 5.69 Å². The van der Waals surface area contributed by atoms with E-state index < -0.39 is 5.97 Å². The second kappa shape index (κ2) is 8.16. The van der Waals surface area contributed by atoms with Crippen molar-refractivity contribution < 1.29 is 14.7 Å². The predicted octanol–water partition coefficient (Wildman–Crippen LogP) is 0.559. The van der Waals surface area contributed by atoms with Crippen LogP contribution in [0.4, 0.5) is 0 Å². The summed E-state index contributed by atoms with van der Waals surface area (Å²) in [4.78, 5) is 22.9. The van der Waals surface area contributed by atoms with Gasteiger partial charge in [0.15, 0.2) is 0 Å². The lowest BCUT2D eigenvalue weighted by Crippen LogP contribution is -2.24. The van der Waals surface area contributed by atoms with Crippen LogP contribution in [0.15, 0.2) is 47.9 Å². The van der Waals surface area contributed by atoms with Gasteiger partial charge in [-0.15, -0.1) is 5.10 Å². The van der Waals surface area contributed by atoms with Gasteiger partial charge in [0.25, 0.3) is 0 Å². The highest BCUT2D eigenvalue weighted by molar-refractivity contribution is 7.99. The van der Waals surface area contributed by atoms with Gasteiger partial charge in [0.2, 0.25) is 11.1 Å². The summed E-state index contributed by atoms with van der Waals surface area (Å²) in [6.45, 7) is 0.358. The Hall–Kier alpha value is -3.34. The van der Waals surface area contributed by atoms with Crippen LogP contribution in [0.25, 0.3) is 5.69 Å². The highest BCUT2D eigenvalue weighted by Gasteiger charge is 2.12. The third-order valence-electron chi connectivity index (χ3n) is 3.27. The number of amides is 1. The van der Waals surface area contributed by atoms with E-state index in [1.165, 1.54) is 28.6 Å². The Labute approximate surface area is 151 Å². The van der Waals surface area contributed by atoms with Crippen LogP contribution in [0.2, 0.25) is 0 Å². The minimum absolute atomic E-state index is 0.131. The average molecular weight is 371 g/mol. The summed E-state index contributed by atoms with van der Waals surface area (Å²) in [6.07, 6.45) is 3.13. The Kier molecular flexibility index (Phi) is 5.49. The number of benzene rings is 1. The molecule has 0 unspecified atom stereocenters. The topological polar surface area (TPSA) is 136 Å². The van der Waals surface area contributed by atoms with E-state index in [4.69, 9.17) is 5.11 Å². The van der Waals surface area contributed by atoms with Crippen LogP contribution in [-0.4, -0.2) is 53.1 Å². The maximum Gasteiger partial charge on any atom is 0.335 e. The molecular weight excluding hydrogens is 358 g/mol. The first-order chi connectivity index (χ1) is 12.6. The molecule has 3 rings (SSSR count). The predicted molar refractivity (Wildman–Crippen MR) is 90.7 cm³/mol. The largest absolute Gasteiger partial charge is 0.478 e. The van der Waals surface area contributed by atoms with E-state index in [0.717, 1.165) is 5.56 Å². The average Bonchev–Trinajstić information content (AvgIpc) is 3.14. The minimum Gasteiger partial charge on any atom is -0.478 e. The minimum atomic E-state index is -1.01. The van der Waals surface area contributed by atoms with Crippen LogP contribution in [0.3, 0.4) is 0 Å². The fourth-order valence-electron chi connectivity index (χ4n) is 1.98. The van der Waals surface area contributed by atoms with Crippen molar-refractivity contribution in [1.82, 2.24) is 35.7 Å². The number of aromatic carboxylic acids is 1. The van der Waals surface area contributed by atoms with Crippen LogP contribution in [-0.2, 0) is 11.3 Å². The molecule has 0 aliphatic rings. The van der Waals surface area contributed by atoms with Crippen molar-refractivity contribution in [2.24, 2.45) is 0 Å². The number of nitrogens with zero attached hydrogens (tertiary/aromatic N) is 6. The van der Waals surface area contributed by atoms with Crippen molar-refractivity contribution in [3.63, 3.8) is 0 Å². The number of carboxylic acids is 1. The lowest BCUT2D eigenvalue weighted by atomic mass is 10.2. The molecule has 2 heterocycles. The highest BCUT2D eigenvalue weighted by atomic mass is 32.2. The van der Waals surface area contributed by atoms with Gasteiger partial charge in [0.05, 0.1) is 23.2 Å². The van der Waals surface area contributed by atoms with E-state index in [9.17, 15) is 9.59 Å². The molecule has 11 heteroatoms. The Balaban J connectivity index is 1.58. The molecule has 0 spiro atoms. The van der Waals surface area contributed by atoms with Crippen LogP contribution in [0, 0.1) is 0 Å². The zero-order valence-electron chi connectivity index (χ0n) is 13.3. The van der Waals surface area contributed by atoms with Gasteiger partial charge in [0, 0.05) is 12.7 Å². The SMILES string of the molecule is O=C(CSc1nnnn1-c1ccc(C(=O)O)cc1)NCc1ccnnc1. The Morgan fingerprint density at radius 3 is 2.65 bits per heavy atom. The normalized spacial score (nSPS) is 10.5. The molecule has 0 fully saturated rings. The zero-order chi connectivity index (χ0) is 18.4. The molecule has 2 aromatic heterocycles. The van der Waals surface area contributed by atoms with E-state index >= 15 is 0 Å². The molecule has 0 aliphatic carbocycles. The second-order valence-electron chi connectivity index (χ2n) is 5.04. The van der Waals surface area contributed by atoms with Gasteiger partial charge in [-0.1, -0.05) is 11.8 Å². The first kappa shape index (κ1) is 17.5. The molecule has 1 amide bonds. The number of aromatic nitrogens is 6. The van der Waals surface area contributed by atoms with Gasteiger partial charge >= 0.3 is 5.97 Å². The summed E-state index contributed by atoms with van der Waals surface area (Å²) in [5.41, 5.74) is 1.62. The third kappa shape index (κ3) is 4.39. The van der Waals surface area contributed by atoms with E-state index in [-0.39, 0.29) is 17.2 Å². The summed E-state index contributed by atoms with van der Waals surface area (Å²) >= 11 is 1.17. The lowest BCUT2D eigenvalue weighted by molar-refractivity contribution is -0.118. The first-order valence-corrected chi connectivity index (χ1v) is 8.39. The Morgan fingerprint density at radius 2 is 1.96 bits per heavy atom. The van der Waals surface area contributed by atoms with Crippen LogP contribution < -0.4 is 5.32 Å². The van der Waals surface area contributed by atoms with Crippen molar-refractivity contribution in [2.45, 2.75) is 11.7 Å². The highest BCUT2D eigenvalue weighted by Crippen LogP contribution is 2.18. The smallest absolute Gasteiger partial charge is 0.335 e. The van der Waals surface area contributed by atoms with Gasteiger partial charge < -0.3 is 10.4 Å². The van der Waals surface area contributed by atoms with E-state index in [2.05, 4.69) is 31.0 Å². The molecule has 26 heavy (non-hydrogen) atoms.